The maximum atomic E-state index is 12.5. The Kier molecular flexibility index (Phi) is 3.89. The fourth-order valence-electron chi connectivity index (χ4n) is 6.27. The van der Waals surface area contributed by atoms with Gasteiger partial charge in [0.1, 0.15) is 5.75 Å². The molecule has 1 aromatic rings. The number of rotatable bonds is 4. The van der Waals surface area contributed by atoms with Crippen molar-refractivity contribution in [3.8, 4) is 5.75 Å². The van der Waals surface area contributed by atoms with Crippen molar-refractivity contribution >= 4 is 6.03 Å². The minimum absolute atomic E-state index is 0.00863. The summed E-state index contributed by atoms with van der Waals surface area (Å²) in [5, 5.41) is 16.6. The van der Waals surface area contributed by atoms with Gasteiger partial charge in [-0.3, -0.25) is 0 Å². The predicted molar refractivity (Wildman–Crippen MR) is 98.0 cm³/mol. The first-order chi connectivity index (χ1) is 12.6. The molecule has 6 rings (SSSR count). The number of fused-ring (bicyclic) bond motifs is 1. The second-order valence-corrected chi connectivity index (χ2v) is 9.01. The van der Waals surface area contributed by atoms with Crippen LogP contribution in [0.25, 0.3) is 0 Å². The number of aliphatic hydroxyl groups is 1. The van der Waals surface area contributed by atoms with Gasteiger partial charge in [-0.05, 0) is 79.5 Å². The Morgan fingerprint density at radius 2 is 1.88 bits per heavy atom. The van der Waals surface area contributed by atoms with Crippen LogP contribution < -0.4 is 15.4 Å². The maximum absolute atomic E-state index is 12.5. The Bertz CT molecular complexity index is 682. The van der Waals surface area contributed by atoms with E-state index in [9.17, 15) is 9.90 Å². The zero-order valence-corrected chi connectivity index (χ0v) is 15.2. The Morgan fingerprint density at radius 1 is 1.19 bits per heavy atom. The van der Waals surface area contributed by atoms with E-state index in [4.69, 9.17) is 4.74 Å². The summed E-state index contributed by atoms with van der Waals surface area (Å²) in [5.41, 5.74) is 1.98. The maximum Gasteiger partial charge on any atom is 0.315 e. The summed E-state index contributed by atoms with van der Waals surface area (Å²) in [4.78, 5) is 12.5. The van der Waals surface area contributed by atoms with Crippen LogP contribution in [0.5, 0.6) is 5.75 Å². The van der Waals surface area contributed by atoms with E-state index >= 15 is 0 Å². The average molecular weight is 356 g/mol. The highest BCUT2D eigenvalue weighted by atomic mass is 16.5. The van der Waals surface area contributed by atoms with Gasteiger partial charge in [0.05, 0.1) is 12.7 Å². The van der Waals surface area contributed by atoms with Gasteiger partial charge in [0.2, 0.25) is 0 Å². The van der Waals surface area contributed by atoms with Crippen molar-refractivity contribution in [2.75, 3.05) is 13.2 Å². The Morgan fingerprint density at radius 3 is 2.58 bits per heavy atom. The number of benzene rings is 1. The van der Waals surface area contributed by atoms with Crippen LogP contribution in [0.2, 0.25) is 0 Å². The fourth-order valence-corrected chi connectivity index (χ4v) is 6.27. The van der Waals surface area contributed by atoms with Crippen molar-refractivity contribution in [3.63, 3.8) is 0 Å². The second kappa shape index (κ2) is 6.15. The third kappa shape index (κ3) is 2.96. The molecule has 0 radical (unpaired) electrons. The van der Waals surface area contributed by atoms with Gasteiger partial charge in [-0.25, -0.2) is 4.79 Å². The molecule has 4 aliphatic carbocycles. The highest BCUT2D eigenvalue weighted by Crippen LogP contribution is 2.55. The molecule has 1 aliphatic heterocycles. The normalized spacial score (nSPS) is 34.9. The van der Waals surface area contributed by atoms with Crippen LogP contribution in [0.1, 0.15) is 55.8 Å². The van der Waals surface area contributed by atoms with E-state index in [1.165, 1.54) is 19.3 Å². The molecular formula is C21H28N2O3. The lowest BCUT2D eigenvalue weighted by Gasteiger charge is -2.56. The lowest BCUT2D eigenvalue weighted by molar-refractivity contribution is -0.0136. The van der Waals surface area contributed by atoms with E-state index in [1.807, 2.05) is 18.2 Å². The van der Waals surface area contributed by atoms with Crippen LogP contribution in [-0.4, -0.2) is 29.8 Å². The van der Waals surface area contributed by atoms with Crippen LogP contribution in [-0.2, 0) is 6.42 Å². The SMILES string of the molecule is O=C(NC[C@@H](O)c1ccc2c(c1)CCO2)NC12CC3CC(CC(C3)C1)C2. The standard InChI is InChI=1S/C21H28N2O3/c24-18(16-1-2-19-17(8-16)3-4-26-19)12-22-20(25)23-21-9-13-5-14(10-21)7-15(6-13)11-21/h1-2,8,13-15,18,24H,3-7,9-12H2,(H2,22,23,25)/t13?,14?,15?,18-,21?/m1/s1. The van der Waals surface area contributed by atoms with Crippen molar-refractivity contribution in [3.05, 3.63) is 29.3 Å². The largest absolute Gasteiger partial charge is 0.493 e. The molecule has 5 aliphatic rings. The van der Waals surface area contributed by atoms with Gasteiger partial charge >= 0.3 is 6.03 Å². The third-order valence-corrected chi connectivity index (χ3v) is 6.97. The quantitative estimate of drug-likeness (QED) is 0.777. The van der Waals surface area contributed by atoms with Crippen molar-refractivity contribution < 1.29 is 14.6 Å². The van der Waals surface area contributed by atoms with Crippen molar-refractivity contribution in [2.45, 2.75) is 56.6 Å². The number of ether oxygens (including phenoxy) is 1. The van der Waals surface area contributed by atoms with Gasteiger partial charge < -0.3 is 20.5 Å². The van der Waals surface area contributed by atoms with Crippen LogP contribution in [0.15, 0.2) is 18.2 Å². The number of aliphatic hydroxyl groups excluding tert-OH is 1. The fraction of sp³-hybridized carbons (Fsp3) is 0.667. The van der Waals surface area contributed by atoms with Gasteiger partial charge in [0.15, 0.2) is 0 Å². The molecule has 5 heteroatoms. The molecule has 0 aromatic heterocycles. The van der Waals surface area contributed by atoms with Crippen LogP contribution in [0, 0.1) is 17.8 Å². The van der Waals surface area contributed by atoms with Gasteiger partial charge in [-0.1, -0.05) is 6.07 Å². The number of urea groups is 1. The number of carbonyl (C=O) groups excluding carboxylic acids is 1. The molecule has 26 heavy (non-hydrogen) atoms. The molecule has 0 unspecified atom stereocenters. The molecule has 4 saturated carbocycles. The first-order valence-electron chi connectivity index (χ1n) is 10.1. The molecule has 5 nitrogen and oxygen atoms in total. The van der Waals surface area contributed by atoms with Crippen LogP contribution in [0.3, 0.4) is 0 Å². The van der Waals surface area contributed by atoms with Crippen molar-refractivity contribution in [1.29, 1.82) is 0 Å². The molecule has 4 fully saturated rings. The zero-order valence-electron chi connectivity index (χ0n) is 15.2. The first kappa shape index (κ1) is 16.4. The van der Waals surface area contributed by atoms with E-state index in [0.717, 1.165) is 60.3 Å². The van der Waals surface area contributed by atoms with Gasteiger partial charge in [0, 0.05) is 18.5 Å². The molecule has 1 atom stereocenters. The zero-order chi connectivity index (χ0) is 17.7. The van der Waals surface area contributed by atoms with Crippen LogP contribution >= 0.6 is 0 Å². The summed E-state index contributed by atoms with van der Waals surface area (Å²) < 4.78 is 5.50. The number of nitrogens with one attached hydrogen (secondary N) is 2. The van der Waals surface area contributed by atoms with Crippen molar-refractivity contribution in [1.82, 2.24) is 10.6 Å². The molecule has 2 amide bonds. The lowest BCUT2D eigenvalue weighted by Crippen LogP contribution is -2.61. The number of hydrogen-bond acceptors (Lipinski definition) is 3. The van der Waals surface area contributed by atoms with E-state index in [1.54, 1.807) is 0 Å². The summed E-state index contributed by atoms with van der Waals surface area (Å²) in [7, 11) is 0. The summed E-state index contributed by atoms with van der Waals surface area (Å²) in [5.74, 6) is 3.33. The summed E-state index contributed by atoms with van der Waals surface area (Å²) in [6.07, 6.45) is 7.70. The van der Waals surface area contributed by atoms with Gasteiger partial charge in [-0.15, -0.1) is 0 Å². The molecule has 1 heterocycles. The second-order valence-electron chi connectivity index (χ2n) is 9.01. The topological polar surface area (TPSA) is 70.6 Å². The highest BCUT2D eigenvalue weighted by molar-refractivity contribution is 5.75. The molecule has 4 bridgehead atoms. The van der Waals surface area contributed by atoms with E-state index < -0.39 is 6.10 Å². The molecule has 140 valence electrons. The third-order valence-electron chi connectivity index (χ3n) is 6.97. The number of hydrogen-bond donors (Lipinski definition) is 3. The van der Waals surface area contributed by atoms with E-state index in [0.29, 0.717) is 6.61 Å². The average Bonchev–Trinajstić information content (AvgIpc) is 3.05. The smallest absolute Gasteiger partial charge is 0.315 e. The summed E-state index contributed by atoms with van der Waals surface area (Å²) in [6.45, 7) is 0.943. The summed E-state index contributed by atoms with van der Waals surface area (Å²) in [6, 6.07) is 5.66. The molecular weight excluding hydrogens is 328 g/mol. The predicted octanol–water partition coefficient (Wildman–Crippen LogP) is 2.92. The Hall–Kier alpha value is -1.75. The number of amides is 2. The van der Waals surface area contributed by atoms with Gasteiger partial charge in [-0.2, -0.15) is 0 Å². The summed E-state index contributed by atoms with van der Waals surface area (Å²) >= 11 is 0. The van der Waals surface area contributed by atoms with Crippen LogP contribution in [0.4, 0.5) is 4.79 Å². The lowest BCUT2D eigenvalue weighted by atomic mass is 9.53. The molecule has 0 saturated heterocycles. The molecule has 3 N–H and O–H groups in total. The highest BCUT2D eigenvalue weighted by Gasteiger charge is 2.51. The van der Waals surface area contributed by atoms with E-state index in [-0.39, 0.29) is 18.1 Å². The van der Waals surface area contributed by atoms with Crippen molar-refractivity contribution in [2.24, 2.45) is 17.8 Å². The Balaban J connectivity index is 1.17. The molecule has 0 spiro atoms. The monoisotopic (exact) mass is 356 g/mol. The van der Waals surface area contributed by atoms with Gasteiger partial charge in [0.25, 0.3) is 0 Å². The molecule has 1 aromatic carbocycles. The number of carbonyl (C=O) groups is 1. The Labute approximate surface area is 154 Å². The van der Waals surface area contributed by atoms with E-state index in [2.05, 4.69) is 10.6 Å². The minimum atomic E-state index is -0.692. The first-order valence-corrected chi connectivity index (χ1v) is 10.1. The minimum Gasteiger partial charge on any atom is -0.493 e.